The monoisotopic (exact) mass is 572 g/mol. The van der Waals surface area contributed by atoms with Crippen molar-refractivity contribution in [3.63, 3.8) is 0 Å². The zero-order valence-corrected chi connectivity index (χ0v) is 21.8. The number of amides is 2. The van der Waals surface area contributed by atoms with Crippen molar-refractivity contribution in [2.75, 3.05) is 23.7 Å². The van der Waals surface area contributed by atoms with Crippen LogP contribution in [-0.4, -0.2) is 56.1 Å². The lowest BCUT2D eigenvalue weighted by atomic mass is 10.1. The van der Waals surface area contributed by atoms with E-state index >= 15 is 0 Å². The number of carboxylic acid groups (broad SMARTS) is 1. The number of benzene rings is 2. The molecule has 0 spiro atoms. The lowest BCUT2D eigenvalue weighted by Crippen LogP contribution is -2.38. The number of likely N-dealkylation sites (tertiary alicyclic amines) is 1. The Balaban J connectivity index is 1.48. The molecule has 2 aromatic carbocycles. The molecule has 5 rings (SSSR count). The van der Waals surface area contributed by atoms with Crippen LogP contribution in [0.1, 0.15) is 25.3 Å². The summed E-state index contributed by atoms with van der Waals surface area (Å²) in [6, 6.07) is 11.0. The number of carbonyl (C=O) groups excluding carboxylic acids is 1. The Kier molecular flexibility index (Phi) is 7.43. The highest BCUT2D eigenvalue weighted by Gasteiger charge is 2.30. The number of ether oxygens (including phenoxy) is 1. The van der Waals surface area contributed by atoms with Crippen LogP contribution in [0.15, 0.2) is 48.5 Å². The fourth-order valence-corrected chi connectivity index (χ4v) is 5.29. The number of rotatable bonds is 7. The van der Waals surface area contributed by atoms with Crippen molar-refractivity contribution in [3.05, 3.63) is 54.1 Å². The van der Waals surface area contributed by atoms with Gasteiger partial charge >= 0.3 is 12.3 Å². The highest BCUT2D eigenvalue weighted by atomic mass is 32.1. The molecule has 0 unspecified atom stereocenters. The molecule has 2 amide bonds. The zero-order chi connectivity index (χ0) is 28.4. The lowest BCUT2D eigenvalue weighted by Gasteiger charge is -2.22. The van der Waals surface area contributed by atoms with Gasteiger partial charge in [0.1, 0.15) is 5.52 Å². The van der Waals surface area contributed by atoms with E-state index in [2.05, 4.69) is 25.6 Å². The summed E-state index contributed by atoms with van der Waals surface area (Å²) in [6.07, 6.45) is -4.09. The number of para-hydroxylation sites is 1. The third-order valence-corrected chi connectivity index (χ3v) is 7.14. The molecule has 0 aliphatic carbocycles. The number of thiazole rings is 1. The normalized spacial score (nSPS) is 15.3. The number of nitrogens with one attached hydrogen (secondary N) is 2. The van der Waals surface area contributed by atoms with E-state index < -0.39 is 17.8 Å². The quantitative estimate of drug-likeness (QED) is 0.243. The van der Waals surface area contributed by atoms with Crippen molar-refractivity contribution in [2.45, 2.75) is 32.0 Å². The van der Waals surface area contributed by atoms with Crippen molar-refractivity contribution >= 4 is 44.6 Å². The van der Waals surface area contributed by atoms with E-state index in [9.17, 15) is 27.9 Å². The number of hydrogen-bond donors (Lipinski definition) is 3. The fraction of sp³-hybridized carbons (Fsp3) is 0.269. The second-order valence-electron chi connectivity index (χ2n) is 9.05. The second-order valence-corrected chi connectivity index (χ2v) is 10.1. The fourth-order valence-electron chi connectivity index (χ4n) is 4.37. The van der Waals surface area contributed by atoms with Crippen LogP contribution < -0.4 is 15.4 Å². The number of alkyl halides is 3. The van der Waals surface area contributed by atoms with Crippen molar-refractivity contribution in [2.24, 2.45) is 0 Å². The maximum absolute atomic E-state index is 13.1. The first-order chi connectivity index (χ1) is 19.1. The Labute approximate surface area is 229 Å². The van der Waals surface area contributed by atoms with Gasteiger partial charge in [-0.1, -0.05) is 29.5 Å². The summed E-state index contributed by atoms with van der Waals surface area (Å²) in [5.74, 6) is 0.295. The maximum Gasteiger partial charge on any atom is 0.416 e. The molecule has 14 heteroatoms. The van der Waals surface area contributed by atoms with Gasteiger partial charge in [-0.3, -0.25) is 4.79 Å². The van der Waals surface area contributed by atoms with Gasteiger partial charge in [0.2, 0.25) is 17.7 Å². The number of nitrogens with zero attached hydrogens (tertiary/aromatic N) is 4. The largest absolute Gasteiger partial charge is 0.465 e. The molecule has 2 aromatic heterocycles. The number of anilines is 2. The van der Waals surface area contributed by atoms with Crippen molar-refractivity contribution in [1.82, 2.24) is 19.9 Å². The summed E-state index contributed by atoms with van der Waals surface area (Å²) >= 11 is 1.27. The van der Waals surface area contributed by atoms with Gasteiger partial charge in [0.05, 0.1) is 22.0 Å². The minimum atomic E-state index is -4.48. The molecule has 0 radical (unpaired) electrons. The van der Waals surface area contributed by atoms with E-state index in [4.69, 9.17) is 4.74 Å². The first-order valence-electron chi connectivity index (χ1n) is 12.2. The third-order valence-electron chi connectivity index (χ3n) is 6.21. The third kappa shape index (κ3) is 6.06. The molecule has 0 saturated carbocycles. The van der Waals surface area contributed by atoms with Gasteiger partial charge in [0, 0.05) is 31.6 Å². The maximum atomic E-state index is 13.1. The molecule has 3 N–H and O–H groups in total. The molecule has 4 aromatic rings. The molecule has 3 heterocycles. The highest BCUT2D eigenvalue weighted by Crippen LogP contribution is 2.36. The summed E-state index contributed by atoms with van der Waals surface area (Å²) in [5, 5.41) is 15.5. The lowest BCUT2D eigenvalue weighted by molar-refractivity contribution is -0.137. The van der Waals surface area contributed by atoms with Gasteiger partial charge in [-0.05, 0) is 37.1 Å². The van der Waals surface area contributed by atoms with Crippen LogP contribution in [0.5, 0.6) is 11.6 Å². The molecular weight excluding hydrogens is 549 g/mol. The topological polar surface area (TPSA) is 130 Å². The van der Waals surface area contributed by atoms with E-state index in [0.717, 1.165) is 23.3 Å². The minimum absolute atomic E-state index is 0.0930. The first kappa shape index (κ1) is 27.1. The Morgan fingerprint density at radius 3 is 2.62 bits per heavy atom. The first-order valence-corrected chi connectivity index (χ1v) is 13.0. The van der Waals surface area contributed by atoms with Crippen LogP contribution >= 0.6 is 11.3 Å². The van der Waals surface area contributed by atoms with Crippen molar-refractivity contribution in [3.8, 4) is 22.9 Å². The Bertz CT molecular complexity index is 1560. The Morgan fingerprint density at radius 1 is 1.15 bits per heavy atom. The summed E-state index contributed by atoms with van der Waals surface area (Å²) < 4.78 is 46.1. The molecule has 1 aliphatic heterocycles. The second kappa shape index (κ2) is 11.0. The number of carbonyl (C=O) groups is 2. The predicted octanol–water partition coefficient (Wildman–Crippen LogP) is 6.08. The van der Waals surface area contributed by atoms with Crippen LogP contribution in [0.25, 0.3) is 21.5 Å². The van der Waals surface area contributed by atoms with Crippen molar-refractivity contribution < 1.29 is 32.6 Å². The Morgan fingerprint density at radius 2 is 1.93 bits per heavy atom. The van der Waals surface area contributed by atoms with Crippen LogP contribution in [-0.2, 0) is 11.0 Å². The molecule has 10 nitrogen and oxygen atoms in total. The molecule has 0 bridgehead atoms. The standard InChI is InChI=1S/C26H23F3N6O4S/c1-14(36)31-24-34-22-19(5-2-6-20(22)40-24)39-21-12-18(15-7-9-16(10-8-15)26(27,28)29)32-23(33-21)30-13-17-4-3-11-35(17)25(37)38/h2,5-10,12,17H,3-4,11,13H2,1H3,(H,37,38)(H,30,32,33)(H,31,34,36)/t17-/m0/s1. The van der Waals surface area contributed by atoms with Gasteiger partial charge in [0.15, 0.2) is 10.9 Å². The average molecular weight is 573 g/mol. The predicted molar refractivity (Wildman–Crippen MR) is 143 cm³/mol. The number of fused-ring (bicyclic) bond motifs is 1. The van der Waals surface area contributed by atoms with E-state index in [-0.39, 0.29) is 30.3 Å². The Hall–Kier alpha value is -4.46. The molecule has 1 fully saturated rings. The van der Waals surface area contributed by atoms with E-state index in [0.29, 0.717) is 40.6 Å². The van der Waals surface area contributed by atoms with Gasteiger partial charge in [0.25, 0.3) is 0 Å². The minimum Gasteiger partial charge on any atom is -0.465 e. The molecule has 1 aliphatic rings. The van der Waals surface area contributed by atoms with Crippen LogP contribution in [0.3, 0.4) is 0 Å². The SMILES string of the molecule is CC(=O)Nc1nc2c(Oc3cc(-c4ccc(C(F)(F)F)cc4)nc(NC[C@@H]4CCCN4C(=O)O)n3)cccc2s1. The van der Waals surface area contributed by atoms with E-state index in [1.54, 1.807) is 12.1 Å². The molecule has 208 valence electrons. The molecule has 1 saturated heterocycles. The highest BCUT2D eigenvalue weighted by molar-refractivity contribution is 7.22. The van der Waals surface area contributed by atoms with E-state index in [1.165, 1.54) is 41.4 Å². The van der Waals surface area contributed by atoms with Crippen LogP contribution in [0.4, 0.5) is 29.0 Å². The van der Waals surface area contributed by atoms with Gasteiger partial charge in [-0.15, -0.1) is 0 Å². The summed E-state index contributed by atoms with van der Waals surface area (Å²) in [4.78, 5) is 37.6. The number of hydrogen-bond acceptors (Lipinski definition) is 8. The molecule has 1 atom stereocenters. The number of halogens is 3. The van der Waals surface area contributed by atoms with Gasteiger partial charge in [-0.25, -0.2) is 14.8 Å². The molecular formula is C26H23F3N6O4S. The summed E-state index contributed by atoms with van der Waals surface area (Å²) in [7, 11) is 0. The number of aromatic nitrogens is 3. The zero-order valence-electron chi connectivity index (χ0n) is 21.0. The van der Waals surface area contributed by atoms with Crippen LogP contribution in [0, 0.1) is 0 Å². The summed E-state index contributed by atoms with van der Waals surface area (Å²) in [5.41, 5.74) is 0.395. The van der Waals surface area contributed by atoms with Crippen LogP contribution in [0.2, 0.25) is 0 Å². The van der Waals surface area contributed by atoms with Gasteiger partial charge < -0.3 is 25.4 Å². The smallest absolute Gasteiger partial charge is 0.416 e. The van der Waals surface area contributed by atoms with E-state index in [1.807, 2.05) is 6.07 Å². The van der Waals surface area contributed by atoms with Crippen molar-refractivity contribution in [1.29, 1.82) is 0 Å². The summed E-state index contributed by atoms with van der Waals surface area (Å²) in [6.45, 7) is 2.05. The van der Waals surface area contributed by atoms with Gasteiger partial charge in [-0.2, -0.15) is 18.2 Å². The molecule has 40 heavy (non-hydrogen) atoms. The average Bonchev–Trinajstić information content (AvgIpc) is 3.54.